The lowest BCUT2D eigenvalue weighted by molar-refractivity contribution is -0.140. The molecule has 2 nitrogen and oxygen atoms in total. The lowest BCUT2D eigenvalue weighted by Gasteiger charge is -2.16. The van der Waals surface area contributed by atoms with E-state index in [1.807, 2.05) is 32.9 Å². The quantitative estimate of drug-likeness (QED) is 0.874. The lowest BCUT2D eigenvalue weighted by Crippen LogP contribution is -2.10. The van der Waals surface area contributed by atoms with Crippen molar-refractivity contribution < 1.29 is 13.2 Å². The van der Waals surface area contributed by atoms with Gasteiger partial charge in [-0.2, -0.15) is 13.2 Å². The fraction of sp³-hybridized carbons (Fsp3) is 0.400. The smallest absolute Gasteiger partial charge is 0.385 e. The maximum Gasteiger partial charge on any atom is 0.433 e. The number of hydrogen-bond donors (Lipinski definition) is 1. The number of nitrogens with zero attached hydrogens (tertiary/aromatic N) is 1. The van der Waals surface area contributed by atoms with Crippen LogP contribution in [0.3, 0.4) is 0 Å². The van der Waals surface area contributed by atoms with Crippen LogP contribution >= 0.6 is 0 Å². The largest absolute Gasteiger partial charge is 0.433 e. The monoisotopic (exact) mass is 282 g/mol. The van der Waals surface area contributed by atoms with Crippen molar-refractivity contribution in [2.24, 2.45) is 0 Å². The van der Waals surface area contributed by atoms with Gasteiger partial charge in [-0.05, 0) is 24.5 Å². The van der Waals surface area contributed by atoms with E-state index in [1.165, 1.54) is 0 Å². The highest BCUT2D eigenvalue weighted by atomic mass is 19.4. The Kier molecular flexibility index (Phi) is 3.88. The van der Waals surface area contributed by atoms with Crippen LogP contribution in [0.5, 0.6) is 0 Å². The second-order valence-corrected chi connectivity index (χ2v) is 4.98. The molecular weight excluding hydrogens is 265 g/mol. The van der Waals surface area contributed by atoms with Crippen molar-refractivity contribution in [2.75, 3.05) is 11.9 Å². The zero-order chi connectivity index (χ0) is 14.9. The summed E-state index contributed by atoms with van der Waals surface area (Å²) in [6, 6.07) is 6.56. The Hall–Kier alpha value is -1.78. The number of rotatable bonds is 3. The molecule has 0 unspecified atom stereocenters. The number of alkyl halides is 3. The first-order valence-electron chi connectivity index (χ1n) is 6.59. The van der Waals surface area contributed by atoms with Gasteiger partial charge in [-0.3, -0.25) is 0 Å². The molecular formula is C15H17F3N2. The number of nitrogens with one attached hydrogen (secondary N) is 1. The fourth-order valence-electron chi connectivity index (χ4n) is 2.22. The Morgan fingerprint density at radius 1 is 1.25 bits per heavy atom. The third-order valence-electron chi connectivity index (χ3n) is 3.15. The van der Waals surface area contributed by atoms with Gasteiger partial charge in [-0.15, -0.1) is 0 Å². The first kappa shape index (κ1) is 14.6. The molecule has 108 valence electrons. The van der Waals surface area contributed by atoms with E-state index in [1.54, 1.807) is 6.07 Å². The highest BCUT2D eigenvalue weighted by Gasteiger charge is 2.33. The van der Waals surface area contributed by atoms with E-state index in [2.05, 4.69) is 10.3 Å². The van der Waals surface area contributed by atoms with Crippen molar-refractivity contribution >= 4 is 16.6 Å². The average molecular weight is 282 g/mol. The van der Waals surface area contributed by atoms with Crippen LogP contribution in [0, 0.1) is 0 Å². The van der Waals surface area contributed by atoms with Crippen molar-refractivity contribution in [3.8, 4) is 0 Å². The summed E-state index contributed by atoms with van der Waals surface area (Å²) >= 11 is 0. The molecule has 20 heavy (non-hydrogen) atoms. The van der Waals surface area contributed by atoms with Gasteiger partial charge in [0.15, 0.2) is 0 Å². The molecule has 0 atom stereocenters. The third-order valence-corrected chi connectivity index (χ3v) is 3.15. The van der Waals surface area contributed by atoms with E-state index in [9.17, 15) is 13.2 Å². The molecule has 0 radical (unpaired) electrons. The molecule has 0 aliphatic heterocycles. The van der Waals surface area contributed by atoms with E-state index in [-0.39, 0.29) is 5.92 Å². The summed E-state index contributed by atoms with van der Waals surface area (Å²) in [4.78, 5) is 3.85. The molecule has 0 saturated carbocycles. The van der Waals surface area contributed by atoms with Crippen molar-refractivity contribution in [1.82, 2.24) is 4.98 Å². The SMILES string of the molecule is CCNc1cc(C(F)(F)F)nc2c(C(C)C)cccc12. The van der Waals surface area contributed by atoms with E-state index in [0.29, 0.717) is 17.7 Å². The molecule has 1 heterocycles. The van der Waals surface area contributed by atoms with Gasteiger partial charge < -0.3 is 5.32 Å². The predicted molar refractivity (Wildman–Crippen MR) is 75.0 cm³/mol. The molecule has 0 bridgehead atoms. The van der Waals surface area contributed by atoms with Gasteiger partial charge in [0, 0.05) is 17.6 Å². The number of pyridine rings is 1. The van der Waals surface area contributed by atoms with Gasteiger partial charge >= 0.3 is 6.18 Å². The Labute approximate surface area is 116 Å². The lowest BCUT2D eigenvalue weighted by atomic mass is 9.98. The van der Waals surface area contributed by atoms with Crippen LogP contribution in [0.1, 0.15) is 37.9 Å². The van der Waals surface area contributed by atoms with Crippen molar-refractivity contribution in [2.45, 2.75) is 32.9 Å². The zero-order valence-corrected chi connectivity index (χ0v) is 11.7. The van der Waals surface area contributed by atoms with Crippen LogP contribution in [-0.4, -0.2) is 11.5 Å². The molecule has 2 aromatic rings. The summed E-state index contributed by atoms with van der Waals surface area (Å²) in [7, 11) is 0. The molecule has 1 N–H and O–H groups in total. The Morgan fingerprint density at radius 2 is 1.95 bits per heavy atom. The number of aromatic nitrogens is 1. The van der Waals surface area contributed by atoms with E-state index in [4.69, 9.17) is 0 Å². The predicted octanol–water partition coefficient (Wildman–Crippen LogP) is 4.81. The summed E-state index contributed by atoms with van der Waals surface area (Å²) in [5.74, 6) is 0.115. The summed E-state index contributed by atoms with van der Waals surface area (Å²) in [6.45, 7) is 6.31. The molecule has 5 heteroatoms. The third kappa shape index (κ3) is 2.71. The Bertz CT molecular complexity index is 618. The second-order valence-electron chi connectivity index (χ2n) is 4.98. The van der Waals surface area contributed by atoms with E-state index in [0.717, 1.165) is 17.0 Å². The van der Waals surface area contributed by atoms with Gasteiger partial charge in [0.05, 0.1) is 5.52 Å². The maximum atomic E-state index is 13.0. The minimum atomic E-state index is -4.44. The van der Waals surface area contributed by atoms with Crippen LogP contribution < -0.4 is 5.32 Å². The second kappa shape index (κ2) is 5.31. The van der Waals surface area contributed by atoms with Crippen LogP contribution in [-0.2, 0) is 6.18 Å². The highest BCUT2D eigenvalue weighted by molar-refractivity contribution is 5.93. The first-order chi connectivity index (χ1) is 9.34. The summed E-state index contributed by atoms with van der Waals surface area (Å²) in [5.41, 5.74) is 0.877. The van der Waals surface area contributed by atoms with Gasteiger partial charge in [0.2, 0.25) is 0 Å². The summed E-state index contributed by atoms with van der Waals surface area (Å²) < 4.78 is 38.9. The average Bonchev–Trinajstić information content (AvgIpc) is 2.37. The Balaban J connectivity index is 2.79. The Morgan fingerprint density at radius 3 is 2.50 bits per heavy atom. The molecule has 0 amide bonds. The highest BCUT2D eigenvalue weighted by Crippen LogP contribution is 2.35. The number of anilines is 1. The molecule has 1 aromatic carbocycles. The summed E-state index contributed by atoms with van der Waals surface area (Å²) in [6.07, 6.45) is -4.44. The molecule has 0 fully saturated rings. The number of para-hydroxylation sites is 1. The summed E-state index contributed by atoms with van der Waals surface area (Å²) in [5, 5.41) is 3.72. The molecule has 0 saturated heterocycles. The van der Waals surface area contributed by atoms with Crippen LogP contribution in [0.4, 0.5) is 18.9 Å². The van der Waals surface area contributed by atoms with Crippen LogP contribution in [0.2, 0.25) is 0 Å². The minimum Gasteiger partial charge on any atom is -0.385 e. The molecule has 2 rings (SSSR count). The van der Waals surface area contributed by atoms with E-state index < -0.39 is 11.9 Å². The minimum absolute atomic E-state index is 0.115. The fourth-order valence-corrected chi connectivity index (χ4v) is 2.22. The molecule has 0 aliphatic carbocycles. The topological polar surface area (TPSA) is 24.9 Å². The number of benzene rings is 1. The van der Waals surface area contributed by atoms with Crippen LogP contribution in [0.25, 0.3) is 10.9 Å². The van der Waals surface area contributed by atoms with Crippen molar-refractivity contribution in [3.05, 3.63) is 35.5 Å². The maximum absolute atomic E-state index is 13.0. The zero-order valence-electron chi connectivity index (χ0n) is 11.7. The normalized spacial score (nSPS) is 12.2. The van der Waals surface area contributed by atoms with E-state index >= 15 is 0 Å². The van der Waals surface area contributed by atoms with Gasteiger partial charge in [-0.25, -0.2) is 4.98 Å². The molecule has 1 aromatic heterocycles. The van der Waals surface area contributed by atoms with Gasteiger partial charge in [-0.1, -0.05) is 32.0 Å². The van der Waals surface area contributed by atoms with Crippen molar-refractivity contribution in [1.29, 1.82) is 0 Å². The standard InChI is InChI=1S/C15H17F3N2/c1-4-19-12-8-13(15(16,17)18)20-14-10(9(2)3)6-5-7-11(12)14/h5-9H,4H2,1-3H3,(H,19,20). The molecule has 0 aliphatic rings. The number of fused-ring (bicyclic) bond motifs is 1. The van der Waals surface area contributed by atoms with Gasteiger partial charge in [0.1, 0.15) is 5.69 Å². The van der Waals surface area contributed by atoms with Gasteiger partial charge in [0.25, 0.3) is 0 Å². The number of hydrogen-bond acceptors (Lipinski definition) is 2. The number of halogens is 3. The van der Waals surface area contributed by atoms with Crippen molar-refractivity contribution in [3.63, 3.8) is 0 Å². The first-order valence-corrected chi connectivity index (χ1v) is 6.59. The molecule has 0 spiro atoms. The van der Waals surface area contributed by atoms with Crippen LogP contribution in [0.15, 0.2) is 24.3 Å².